The predicted octanol–water partition coefficient (Wildman–Crippen LogP) is 2.08. The molecule has 1 aliphatic heterocycles. The molecular weight excluding hydrogens is 288 g/mol. The van der Waals surface area contributed by atoms with Crippen molar-refractivity contribution in [3.05, 3.63) is 48.0 Å². The lowest BCUT2D eigenvalue weighted by Gasteiger charge is -2.32. The van der Waals surface area contributed by atoms with Crippen LogP contribution < -0.4 is 0 Å². The SMILES string of the molecule is CCn1cnnc1C1CCN(CC(O)Cc2ccccc2)CC1. The Labute approximate surface area is 138 Å². The molecule has 5 nitrogen and oxygen atoms in total. The molecule has 3 rings (SSSR count). The summed E-state index contributed by atoms with van der Waals surface area (Å²) in [5.41, 5.74) is 1.20. The molecule has 0 spiro atoms. The van der Waals surface area contributed by atoms with Gasteiger partial charge >= 0.3 is 0 Å². The maximum atomic E-state index is 10.3. The maximum Gasteiger partial charge on any atom is 0.135 e. The van der Waals surface area contributed by atoms with Crippen LogP contribution in [-0.4, -0.2) is 50.5 Å². The summed E-state index contributed by atoms with van der Waals surface area (Å²) in [7, 11) is 0. The number of rotatable bonds is 6. The van der Waals surface area contributed by atoms with Crippen LogP contribution in [0, 0.1) is 0 Å². The quantitative estimate of drug-likeness (QED) is 0.887. The first kappa shape index (κ1) is 16.1. The smallest absolute Gasteiger partial charge is 0.135 e. The molecule has 2 aromatic rings. The van der Waals surface area contributed by atoms with Gasteiger partial charge in [0.15, 0.2) is 0 Å². The Morgan fingerprint density at radius 2 is 1.96 bits per heavy atom. The monoisotopic (exact) mass is 314 g/mol. The minimum Gasteiger partial charge on any atom is -0.391 e. The average molecular weight is 314 g/mol. The van der Waals surface area contributed by atoms with Gasteiger partial charge in [0, 0.05) is 19.0 Å². The average Bonchev–Trinajstić information content (AvgIpc) is 3.05. The van der Waals surface area contributed by atoms with E-state index in [0.29, 0.717) is 5.92 Å². The highest BCUT2D eigenvalue weighted by atomic mass is 16.3. The van der Waals surface area contributed by atoms with E-state index in [-0.39, 0.29) is 6.10 Å². The van der Waals surface area contributed by atoms with Crippen LogP contribution in [0.25, 0.3) is 0 Å². The number of piperidine rings is 1. The number of aliphatic hydroxyl groups is 1. The lowest BCUT2D eigenvalue weighted by Crippen LogP contribution is -2.39. The van der Waals surface area contributed by atoms with Crippen molar-refractivity contribution < 1.29 is 5.11 Å². The molecule has 1 saturated heterocycles. The highest BCUT2D eigenvalue weighted by Crippen LogP contribution is 2.26. The molecule has 1 aliphatic rings. The molecule has 1 N–H and O–H groups in total. The Balaban J connectivity index is 1.47. The summed E-state index contributed by atoms with van der Waals surface area (Å²) in [5.74, 6) is 1.62. The number of β-amino-alcohol motifs (C(OH)–C–C–N with tert-alkyl or cyclic N) is 1. The van der Waals surface area contributed by atoms with Gasteiger partial charge in [-0.25, -0.2) is 0 Å². The number of hydrogen-bond acceptors (Lipinski definition) is 4. The van der Waals surface area contributed by atoms with E-state index in [9.17, 15) is 5.11 Å². The molecule has 0 bridgehead atoms. The third kappa shape index (κ3) is 4.18. The number of aryl methyl sites for hydroxylation is 1. The Hall–Kier alpha value is -1.72. The van der Waals surface area contributed by atoms with Crippen molar-refractivity contribution >= 4 is 0 Å². The molecule has 1 aromatic heterocycles. The Kier molecular flexibility index (Phi) is 5.41. The van der Waals surface area contributed by atoms with Crippen LogP contribution in [0.15, 0.2) is 36.7 Å². The normalized spacial score (nSPS) is 18.2. The van der Waals surface area contributed by atoms with Gasteiger partial charge < -0.3 is 14.6 Å². The third-order valence-electron chi connectivity index (χ3n) is 4.72. The Bertz CT molecular complexity index is 590. The molecule has 1 aromatic carbocycles. The third-order valence-corrected chi connectivity index (χ3v) is 4.72. The summed E-state index contributed by atoms with van der Waals surface area (Å²) in [4.78, 5) is 2.37. The number of hydrogen-bond donors (Lipinski definition) is 1. The van der Waals surface area contributed by atoms with Crippen LogP contribution in [0.4, 0.5) is 0 Å². The van der Waals surface area contributed by atoms with Crippen LogP contribution in [0.1, 0.15) is 37.1 Å². The Morgan fingerprint density at radius 3 is 2.65 bits per heavy atom. The maximum absolute atomic E-state index is 10.3. The molecular formula is C18H26N4O. The van der Waals surface area contributed by atoms with Crippen LogP contribution in [0.2, 0.25) is 0 Å². The molecule has 2 heterocycles. The fraction of sp³-hybridized carbons (Fsp3) is 0.556. The first-order valence-corrected chi connectivity index (χ1v) is 8.58. The summed E-state index contributed by atoms with van der Waals surface area (Å²) in [5, 5.41) is 18.7. The molecule has 1 fully saturated rings. The fourth-order valence-corrected chi connectivity index (χ4v) is 3.45. The van der Waals surface area contributed by atoms with E-state index < -0.39 is 0 Å². The summed E-state index contributed by atoms with van der Waals surface area (Å²) >= 11 is 0. The zero-order valence-corrected chi connectivity index (χ0v) is 13.8. The molecule has 0 saturated carbocycles. The number of benzene rings is 1. The molecule has 1 atom stereocenters. The lowest BCUT2D eigenvalue weighted by molar-refractivity contribution is 0.0962. The van der Waals surface area contributed by atoms with Gasteiger partial charge in [-0.1, -0.05) is 30.3 Å². The number of aromatic nitrogens is 3. The van der Waals surface area contributed by atoms with Crippen molar-refractivity contribution in [2.75, 3.05) is 19.6 Å². The van der Waals surface area contributed by atoms with Gasteiger partial charge in [-0.2, -0.15) is 0 Å². The van der Waals surface area contributed by atoms with Crippen molar-refractivity contribution in [2.45, 2.75) is 44.8 Å². The van der Waals surface area contributed by atoms with Crippen LogP contribution in [-0.2, 0) is 13.0 Å². The van der Waals surface area contributed by atoms with E-state index in [1.165, 1.54) is 5.56 Å². The molecule has 5 heteroatoms. The van der Waals surface area contributed by atoms with Crippen LogP contribution in [0.5, 0.6) is 0 Å². The van der Waals surface area contributed by atoms with Crippen molar-refractivity contribution in [3.8, 4) is 0 Å². The summed E-state index contributed by atoms with van der Waals surface area (Å²) in [6.07, 6.45) is 4.44. The second kappa shape index (κ2) is 7.70. The highest BCUT2D eigenvalue weighted by Gasteiger charge is 2.25. The van der Waals surface area contributed by atoms with E-state index in [1.807, 2.05) is 24.5 Å². The first-order chi connectivity index (χ1) is 11.3. The second-order valence-electron chi connectivity index (χ2n) is 6.39. The standard InChI is InChI=1S/C18H26N4O/c1-2-22-14-19-20-18(22)16-8-10-21(11-9-16)13-17(23)12-15-6-4-3-5-7-15/h3-7,14,16-17,23H,2,8-13H2,1H3. The molecule has 0 amide bonds. The summed E-state index contributed by atoms with van der Waals surface area (Å²) in [6, 6.07) is 10.2. The van der Waals surface area contributed by atoms with Gasteiger partial charge in [0.1, 0.15) is 12.2 Å². The fourth-order valence-electron chi connectivity index (χ4n) is 3.45. The Morgan fingerprint density at radius 1 is 1.22 bits per heavy atom. The number of aliphatic hydroxyl groups excluding tert-OH is 1. The zero-order chi connectivity index (χ0) is 16.1. The first-order valence-electron chi connectivity index (χ1n) is 8.58. The van der Waals surface area contributed by atoms with Gasteiger partial charge in [-0.3, -0.25) is 0 Å². The van der Waals surface area contributed by atoms with Gasteiger partial charge in [0.2, 0.25) is 0 Å². The van der Waals surface area contributed by atoms with Crippen molar-refractivity contribution in [3.63, 3.8) is 0 Å². The van der Waals surface area contributed by atoms with Crippen molar-refractivity contribution in [1.82, 2.24) is 19.7 Å². The van der Waals surface area contributed by atoms with E-state index in [4.69, 9.17) is 0 Å². The topological polar surface area (TPSA) is 54.2 Å². The van der Waals surface area contributed by atoms with E-state index in [2.05, 4.69) is 38.7 Å². The largest absolute Gasteiger partial charge is 0.391 e. The molecule has 1 unspecified atom stereocenters. The van der Waals surface area contributed by atoms with Gasteiger partial charge in [0.25, 0.3) is 0 Å². The molecule has 0 aliphatic carbocycles. The zero-order valence-electron chi connectivity index (χ0n) is 13.8. The van der Waals surface area contributed by atoms with Crippen molar-refractivity contribution in [2.24, 2.45) is 0 Å². The van der Waals surface area contributed by atoms with Gasteiger partial charge in [-0.15, -0.1) is 10.2 Å². The molecule has 23 heavy (non-hydrogen) atoms. The van der Waals surface area contributed by atoms with Crippen LogP contribution in [0.3, 0.4) is 0 Å². The minimum absolute atomic E-state index is 0.298. The van der Waals surface area contributed by atoms with E-state index in [0.717, 1.165) is 51.3 Å². The highest BCUT2D eigenvalue weighted by molar-refractivity contribution is 5.15. The lowest BCUT2D eigenvalue weighted by atomic mass is 9.95. The number of likely N-dealkylation sites (tertiary alicyclic amines) is 1. The van der Waals surface area contributed by atoms with Gasteiger partial charge in [0.05, 0.1) is 6.10 Å². The van der Waals surface area contributed by atoms with E-state index in [1.54, 1.807) is 0 Å². The number of nitrogens with zero attached hydrogens (tertiary/aromatic N) is 4. The van der Waals surface area contributed by atoms with Crippen molar-refractivity contribution in [1.29, 1.82) is 0 Å². The van der Waals surface area contributed by atoms with E-state index >= 15 is 0 Å². The molecule has 0 radical (unpaired) electrons. The summed E-state index contributed by atoms with van der Waals surface area (Å²) < 4.78 is 2.14. The van der Waals surface area contributed by atoms with Crippen LogP contribution >= 0.6 is 0 Å². The van der Waals surface area contributed by atoms with Gasteiger partial charge in [-0.05, 0) is 44.8 Å². The predicted molar refractivity (Wildman–Crippen MR) is 90.3 cm³/mol. The minimum atomic E-state index is -0.298. The molecule has 124 valence electrons. The summed E-state index contributed by atoms with van der Waals surface area (Å²) in [6.45, 7) is 5.85. The second-order valence-corrected chi connectivity index (χ2v) is 6.39.